The Hall–Kier alpha value is -0.650. The number of likely N-dealkylation sites (N-methyl/N-ethyl adjacent to an activating group) is 1. The van der Waals surface area contributed by atoms with Crippen molar-refractivity contribution in [2.45, 2.75) is 18.6 Å². The van der Waals surface area contributed by atoms with E-state index in [1.54, 1.807) is 19.1 Å². The van der Waals surface area contributed by atoms with E-state index in [4.69, 9.17) is 4.74 Å². The molecule has 5 heteroatoms. The van der Waals surface area contributed by atoms with Crippen LogP contribution in [-0.4, -0.2) is 61.9 Å². The van der Waals surface area contributed by atoms with E-state index in [-0.39, 0.29) is 11.9 Å². The molecule has 14 heavy (non-hydrogen) atoms. The number of ether oxygens (including phenoxy) is 1. The summed E-state index contributed by atoms with van der Waals surface area (Å²) in [6.45, 7) is 1.66. The molecule has 0 aromatic heterocycles. The van der Waals surface area contributed by atoms with Crippen molar-refractivity contribution in [3.63, 3.8) is 0 Å². The standard InChI is InChI=1S/C9H18N2O3/c1-11(9(13)3-4-14-2)7-5-10-6-8(7)12/h7-8,10,12H,3-6H2,1-2H3/t7-,8-/m1/s1. The van der Waals surface area contributed by atoms with Gasteiger partial charge in [-0.3, -0.25) is 4.79 Å². The number of amides is 1. The quantitative estimate of drug-likeness (QED) is 0.602. The Morgan fingerprint density at radius 2 is 2.36 bits per heavy atom. The number of hydrogen-bond acceptors (Lipinski definition) is 4. The summed E-state index contributed by atoms with van der Waals surface area (Å²) >= 11 is 0. The molecule has 0 unspecified atom stereocenters. The van der Waals surface area contributed by atoms with Crippen molar-refractivity contribution < 1.29 is 14.6 Å². The van der Waals surface area contributed by atoms with E-state index in [0.717, 1.165) is 0 Å². The molecule has 1 aliphatic rings. The zero-order valence-electron chi connectivity index (χ0n) is 8.69. The molecule has 0 aromatic rings. The van der Waals surface area contributed by atoms with E-state index in [1.165, 1.54) is 0 Å². The number of carbonyl (C=O) groups excluding carboxylic acids is 1. The Morgan fingerprint density at radius 1 is 1.64 bits per heavy atom. The largest absolute Gasteiger partial charge is 0.390 e. The highest BCUT2D eigenvalue weighted by molar-refractivity contribution is 5.76. The molecule has 0 spiro atoms. The van der Waals surface area contributed by atoms with Crippen LogP contribution >= 0.6 is 0 Å². The molecule has 1 rings (SSSR count). The maximum atomic E-state index is 11.5. The van der Waals surface area contributed by atoms with Crippen molar-refractivity contribution in [2.75, 3.05) is 33.9 Å². The molecule has 5 nitrogen and oxygen atoms in total. The predicted molar refractivity (Wildman–Crippen MR) is 51.9 cm³/mol. The third kappa shape index (κ3) is 2.67. The van der Waals surface area contributed by atoms with Crippen LogP contribution in [0.15, 0.2) is 0 Å². The molecule has 2 N–H and O–H groups in total. The van der Waals surface area contributed by atoms with Crippen LogP contribution in [0.25, 0.3) is 0 Å². The number of nitrogens with one attached hydrogen (secondary N) is 1. The van der Waals surface area contributed by atoms with Crippen LogP contribution < -0.4 is 5.32 Å². The predicted octanol–water partition coefficient (Wildman–Crippen LogP) is -1.19. The zero-order valence-corrected chi connectivity index (χ0v) is 8.69. The normalized spacial score (nSPS) is 26.5. The van der Waals surface area contributed by atoms with Gasteiger partial charge in [0, 0.05) is 27.2 Å². The molecule has 0 bridgehead atoms. The highest BCUT2D eigenvalue weighted by Crippen LogP contribution is 2.08. The minimum absolute atomic E-state index is 0.0135. The van der Waals surface area contributed by atoms with Gasteiger partial charge in [0.15, 0.2) is 0 Å². The summed E-state index contributed by atoms with van der Waals surface area (Å²) in [5.74, 6) is 0.0135. The smallest absolute Gasteiger partial charge is 0.225 e. The average molecular weight is 202 g/mol. The van der Waals surface area contributed by atoms with Crippen LogP contribution in [0.5, 0.6) is 0 Å². The number of carbonyl (C=O) groups is 1. The van der Waals surface area contributed by atoms with Crippen molar-refractivity contribution in [2.24, 2.45) is 0 Å². The maximum absolute atomic E-state index is 11.5. The van der Waals surface area contributed by atoms with E-state index in [2.05, 4.69) is 5.32 Å². The van der Waals surface area contributed by atoms with Gasteiger partial charge in [-0.25, -0.2) is 0 Å². The molecule has 1 amide bonds. The molecule has 1 heterocycles. The third-order valence-corrected chi connectivity index (χ3v) is 2.56. The fourth-order valence-electron chi connectivity index (χ4n) is 1.60. The Balaban J connectivity index is 2.39. The van der Waals surface area contributed by atoms with Gasteiger partial charge in [0.2, 0.25) is 5.91 Å². The van der Waals surface area contributed by atoms with Crippen LogP contribution in [0.3, 0.4) is 0 Å². The number of β-amino-alcohol motifs (C(OH)–C–C–N with tert-alkyl or cyclic N) is 1. The van der Waals surface area contributed by atoms with Crippen LogP contribution in [0, 0.1) is 0 Å². The van der Waals surface area contributed by atoms with Crippen molar-refractivity contribution in [3.8, 4) is 0 Å². The van der Waals surface area contributed by atoms with E-state index >= 15 is 0 Å². The van der Waals surface area contributed by atoms with Gasteiger partial charge < -0.3 is 20.1 Å². The Labute approximate surface area is 84.0 Å². The molecular weight excluding hydrogens is 184 g/mol. The van der Waals surface area contributed by atoms with Gasteiger partial charge in [-0.2, -0.15) is 0 Å². The topological polar surface area (TPSA) is 61.8 Å². The Morgan fingerprint density at radius 3 is 2.86 bits per heavy atom. The molecule has 0 radical (unpaired) electrons. The second-order valence-corrected chi connectivity index (χ2v) is 3.54. The van der Waals surface area contributed by atoms with Crippen LogP contribution in [0.4, 0.5) is 0 Å². The first-order chi connectivity index (χ1) is 6.66. The first-order valence-electron chi connectivity index (χ1n) is 4.80. The monoisotopic (exact) mass is 202 g/mol. The van der Waals surface area contributed by atoms with E-state index < -0.39 is 6.10 Å². The van der Waals surface area contributed by atoms with Gasteiger partial charge in [-0.05, 0) is 0 Å². The molecule has 1 aliphatic heterocycles. The average Bonchev–Trinajstić information content (AvgIpc) is 2.59. The summed E-state index contributed by atoms with van der Waals surface area (Å²) in [4.78, 5) is 13.1. The summed E-state index contributed by atoms with van der Waals surface area (Å²) in [6.07, 6.45) is -0.0811. The summed E-state index contributed by atoms with van der Waals surface area (Å²) in [5, 5.41) is 12.6. The van der Waals surface area contributed by atoms with Crippen molar-refractivity contribution in [1.29, 1.82) is 0 Å². The number of rotatable bonds is 4. The van der Waals surface area contributed by atoms with Gasteiger partial charge in [-0.15, -0.1) is 0 Å². The van der Waals surface area contributed by atoms with Crippen LogP contribution in [0.2, 0.25) is 0 Å². The molecule has 1 fully saturated rings. The lowest BCUT2D eigenvalue weighted by Gasteiger charge is -2.26. The summed E-state index contributed by atoms with van der Waals surface area (Å²) < 4.78 is 4.83. The van der Waals surface area contributed by atoms with Crippen LogP contribution in [-0.2, 0) is 9.53 Å². The Kier molecular flexibility index (Phi) is 4.31. The highest BCUT2D eigenvalue weighted by atomic mass is 16.5. The van der Waals surface area contributed by atoms with Gasteiger partial charge >= 0.3 is 0 Å². The lowest BCUT2D eigenvalue weighted by atomic mass is 10.2. The van der Waals surface area contributed by atoms with Gasteiger partial charge in [0.25, 0.3) is 0 Å². The van der Waals surface area contributed by atoms with Crippen LogP contribution in [0.1, 0.15) is 6.42 Å². The number of methoxy groups -OCH3 is 1. The summed E-state index contributed by atoms with van der Waals surface area (Å²) in [7, 11) is 3.29. The molecule has 2 atom stereocenters. The second kappa shape index (κ2) is 5.29. The highest BCUT2D eigenvalue weighted by Gasteiger charge is 2.30. The lowest BCUT2D eigenvalue weighted by Crippen LogP contribution is -2.44. The number of hydrogen-bond donors (Lipinski definition) is 2. The number of nitrogens with zero attached hydrogens (tertiary/aromatic N) is 1. The third-order valence-electron chi connectivity index (χ3n) is 2.56. The lowest BCUT2D eigenvalue weighted by molar-refractivity contribution is -0.134. The molecule has 82 valence electrons. The van der Waals surface area contributed by atoms with Gasteiger partial charge in [0.05, 0.1) is 25.2 Å². The maximum Gasteiger partial charge on any atom is 0.225 e. The molecular formula is C9H18N2O3. The molecule has 0 aromatic carbocycles. The summed E-state index contributed by atoms with van der Waals surface area (Å²) in [6, 6.07) is -0.0978. The first kappa shape index (κ1) is 11.4. The van der Waals surface area contributed by atoms with E-state index in [9.17, 15) is 9.90 Å². The molecule has 0 saturated carbocycles. The number of aliphatic hydroxyl groups is 1. The zero-order chi connectivity index (χ0) is 10.6. The SMILES string of the molecule is COCCC(=O)N(C)[C@@H]1CNC[C@H]1O. The summed E-state index contributed by atoms with van der Waals surface area (Å²) in [5.41, 5.74) is 0. The number of aliphatic hydroxyl groups excluding tert-OH is 1. The van der Waals surface area contributed by atoms with Gasteiger partial charge in [0.1, 0.15) is 0 Å². The fraction of sp³-hybridized carbons (Fsp3) is 0.889. The Bertz CT molecular complexity index is 198. The molecule has 0 aliphatic carbocycles. The minimum Gasteiger partial charge on any atom is -0.390 e. The fourth-order valence-corrected chi connectivity index (χ4v) is 1.60. The minimum atomic E-state index is -0.452. The van der Waals surface area contributed by atoms with Crippen molar-refractivity contribution in [1.82, 2.24) is 10.2 Å². The van der Waals surface area contributed by atoms with Crippen molar-refractivity contribution in [3.05, 3.63) is 0 Å². The van der Waals surface area contributed by atoms with E-state index in [0.29, 0.717) is 26.1 Å². The molecule has 1 saturated heterocycles. The van der Waals surface area contributed by atoms with Crippen molar-refractivity contribution >= 4 is 5.91 Å². The second-order valence-electron chi connectivity index (χ2n) is 3.54. The first-order valence-corrected chi connectivity index (χ1v) is 4.80. The van der Waals surface area contributed by atoms with Gasteiger partial charge in [-0.1, -0.05) is 0 Å². The van der Waals surface area contributed by atoms with E-state index in [1.807, 2.05) is 0 Å².